The quantitative estimate of drug-likeness (QED) is 0.547. The van der Waals surface area contributed by atoms with Gasteiger partial charge >= 0.3 is 0 Å². The molecule has 5 nitrogen and oxygen atoms in total. The molecule has 2 aromatic rings. The molecule has 4 aliphatic carbocycles. The molecule has 0 radical (unpaired) electrons. The molecule has 6 heteroatoms. The van der Waals surface area contributed by atoms with Gasteiger partial charge < -0.3 is 9.88 Å². The number of aromatic nitrogens is 3. The highest BCUT2D eigenvalue weighted by Crippen LogP contribution is 2.60. The number of nitrogens with one attached hydrogen (secondary N) is 1. The molecule has 1 N–H and O–H groups in total. The molecule has 4 saturated carbocycles. The van der Waals surface area contributed by atoms with Gasteiger partial charge in [-0.2, -0.15) is 0 Å². The van der Waals surface area contributed by atoms with Crippen molar-refractivity contribution < 1.29 is 4.79 Å². The minimum absolute atomic E-state index is 0.103. The summed E-state index contributed by atoms with van der Waals surface area (Å²) in [5, 5.41) is 13.2. The Hall–Kier alpha value is -1.82. The fourth-order valence-corrected chi connectivity index (χ4v) is 7.49. The van der Waals surface area contributed by atoms with Crippen LogP contribution >= 0.6 is 11.8 Å². The Morgan fingerprint density at radius 3 is 2.42 bits per heavy atom. The zero-order chi connectivity index (χ0) is 21.3. The first-order valence-corrected chi connectivity index (χ1v) is 13.0. The lowest BCUT2D eigenvalue weighted by Crippen LogP contribution is -2.53. The van der Waals surface area contributed by atoms with E-state index in [0.717, 1.165) is 73.1 Å². The van der Waals surface area contributed by atoms with Gasteiger partial charge in [0.05, 0.1) is 6.54 Å². The van der Waals surface area contributed by atoms with Crippen LogP contribution in [0.2, 0.25) is 0 Å². The first-order chi connectivity index (χ1) is 15.1. The molecule has 6 rings (SSSR count). The molecule has 0 spiro atoms. The summed E-state index contributed by atoms with van der Waals surface area (Å²) in [5.41, 5.74) is 1.18. The second kappa shape index (κ2) is 8.97. The lowest BCUT2D eigenvalue weighted by Gasteiger charge is -2.55. The molecule has 1 amide bonds. The predicted molar refractivity (Wildman–Crippen MR) is 123 cm³/mol. The number of benzene rings is 1. The second-order valence-electron chi connectivity index (χ2n) is 10.1. The summed E-state index contributed by atoms with van der Waals surface area (Å²) >= 11 is 1.73. The zero-order valence-electron chi connectivity index (χ0n) is 18.6. The van der Waals surface area contributed by atoms with Crippen LogP contribution in [0.25, 0.3) is 0 Å². The number of hydrogen-bond acceptors (Lipinski definition) is 4. The highest BCUT2D eigenvalue weighted by atomic mass is 32.2. The van der Waals surface area contributed by atoms with Crippen molar-refractivity contribution in [3.63, 3.8) is 0 Å². The van der Waals surface area contributed by atoms with Crippen LogP contribution in [0.1, 0.15) is 69.7 Å². The predicted octanol–water partition coefficient (Wildman–Crippen LogP) is 5.20. The van der Waals surface area contributed by atoms with Gasteiger partial charge in [-0.1, -0.05) is 55.4 Å². The highest BCUT2D eigenvalue weighted by Gasteiger charge is 2.54. The van der Waals surface area contributed by atoms with E-state index in [2.05, 4.69) is 51.3 Å². The number of carbonyl (C=O) groups excluding carboxylic acids is 1. The summed E-state index contributed by atoms with van der Waals surface area (Å²) in [6, 6.07) is 10.5. The van der Waals surface area contributed by atoms with Gasteiger partial charge in [-0.15, -0.1) is 10.2 Å². The molecule has 0 aliphatic heterocycles. The third-order valence-corrected chi connectivity index (χ3v) is 8.70. The molecule has 1 aromatic carbocycles. The van der Waals surface area contributed by atoms with Crippen molar-refractivity contribution in [2.24, 2.45) is 23.2 Å². The van der Waals surface area contributed by atoms with E-state index in [-0.39, 0.29) is 11.3 Å². The summed E-state index contributed by atoms with van der Waals surface area (Å²) in [5.74, 6) is 4.39. The van der Waals surface area contributed by atoms with Gasteiger partial charge in [0.2, 0.25) is 5.91 Å². The van der Waals surface area contributed by atoms with Crippen LogP contribution in [0.15, 0.2) is 35.5 Å². The van der Waals surface area contributed by atoms with Crippen molar-refractivity contribution in [2.75, 3.05) is 0 Å². The molecule has 1 aromatic heterocycles. The first kappa shape index (κ1) is 21.0. The number of nitrogens with zero attached hydrogens (tertiary/aromatic N) is 3. The Bertz CT molecular complexity index is 874. The average Bonchev–Trinajstić information content (AvgIpc) is 3.16. The van der Waals surface area contributed by atoms with E-state index in [4.69, 9.17) is 0 Å². The molecule has 0 atom stereocenters. The highest BCUT2D eigenvalue weighted by molar-refractivity contribution is 7.98. The van der Waals surface area contributed by atoms with Crippen molar-refractivity contribution >= 4 is 17.7 Å². The van der Waals surface area contributed by atoms with E-state index < -0.39 is 0 Å². The van der Waals surface area contributed by atoms with Gasteiger partial charge in [-0.05, 0) is 68.3 Å². The molecular formula is C25H34N4OS. The van der Waals surface area contributed by atoms with E-state index in [9.17, 15) is 4.79 Å². The van der Waals surface area contributed by atoms with Gasteiger partial charge in [0.25, 0.3) is 0 Å². The summed E-state index contributed by atoms with van der Waals surface area (Å²) in [6.45, 7) is 3.60. The third-order valence-electron chi connectivity index (χ3n) is 7.67. The SMILES string of the molecule is CCCCn1c(CNC(=O)C23CC4CC(CC(C4)C2)C3)nnc1SCc1ccccc1. The molecule has 4 fully saturated rings. The Balaban J connectivity index is 1.25. The molecule has 4 aliphatic rings. The van der Waals surface area contributed by atoms with Gasteiger partial charge in [-0.25, -0.2) is 0 Å². The minimum atomic E-state index is -0.103. The van der Waals surface area contributed by atoms with Gasteiger partial charge in [0, 0.05) is 17.7 Å². The Morgan fingerprint density at radius 1 is 1.10 bits per heavy atom. The van der Waals surface area contributed by atoms with Gasteiger partial charge in [0.15, 0.2) is 11.0 Å². The van der Waals surface area contributed by atoms with Crippen molar-refractivity contribution in [2.45, 2.75) is 82.3 Å². The maximum Gasteiger partial charge on any atom is 0.226 e. The smallest absolute Gasteiger partial charge is 0.226 e. The summed E-state index contributed by atoms with van der Waals surface area (Å²) in [7, 11) is 0. The second-order valence-corrected chi connectivity index (χ2v) is 11.0. The Morgan fingerprint density at radius 2 is 1.77 bits per heavy atom. The molecule has 0 saturated heterocycles. The summed E-state index contributed by atoms with van der Waals surface area (Å²) in [6.07, 6.45) is 9.61. The Labute approximate surface area is 189 Å². The first-order valence-electron chi connectivity index (χ1n) is 12.0. The van der Waals surface area contributed by atoms with Crippen LogP contribution in [0, 0.1) is 23.2 Å². The van der Waals surface area contributed by atoms with E-state index in [1.807, 2.05) is 6.07 Å². The molecule has 166 valence electrons. The van der Waals surface area contributed by atoms with Crippen molar-refractivity contribution in [3.05, 3.63) is 41.7 Å². The molecule has 0 unspecified atom stereocenters. The van der Waals surface area contributed by atoms with Crippen molar-refractivity contribution in [3.8, 4) is 0 Å². The monoisotopic (exact) mass is 438 g/mol. The van der Waals surface area contributed by atoms with Crippen molar-refractivity contribution in [1.82, 2.24) is 20.1 Å². The largest absolute Gasteiger partial charge is 0.348 e. The number of hydrogen-bond donors (Lipinski definition) is 1. The number of rotatable bonds is 9. The van der Waals surface area contributed by atoms with Crippen LogP contribution in [-0.4, -0.2) is 20.7 Å². The van der Waals surface area contributed by atoms with Crippen molar-refractivity contribution in [1.29, 1.82) is 0 Å². The Kier molecular flexibility index (Phi) is 6.09. The number of unbranched alkanes of at least 4 members (excludes halogenated alkanes) is 1. The molecular weight excluding hydrogens is 404 g/mol. The maximum atomic E-state index is 13.3. The van der Waals surface area contributed by atoms with Crippen LogP contribution in [0.5, 0.6) is 0 Å². The molecule has 1 heterocycles. The zero-order valence-corrected chi connectivity index (χ0v) is 19.4. The van der Waals surface area contributed by atoms with Crippen LogP contribution < -0.4 is 5.32 Å². The standard InChI is InChI=1S/C25H34N4OS/c1-2-3-9-29-22(27-28-24(29)31-17-18-7-5-4-6-8-18)16-26-23(30)25-13-19-10-20(14-25)12-21(11-19)15-25/h4-8,19-21H,2-3,9-17H2,1H3,(H,26,30). The topological polar surface area (TPSA) is 59.8 Å². The number of carbonyl (C=O) groups is 1. The summed E-state index contributed by atoms with van der Waals surface area (Å²) < 4.78 is 2.22. The van der Waals surface area contributed by atoms with E-state index in [1.54, 1.807) is 11.8 Å². The van der Waals surface area contributed by atoms with E-state index >= 15 is 0 Å². The number of thioether (sulfide) groups is 1. The lowest BCUT2D eigenvalue weighted by molar-refractivity contribution is -0.146. The van der Waals surface area contributed by atoms with Crippen LogP contribution in [-0.2, 0) is 23.6 Å². The fourth-order valence-electron chi connectivity index (χ4n) is 6.56. The minimum Gasteiger partial charge on any atom is -0.348 e. The van der Waals surface area contributed by atoms with Crippen LogP contribution in [0.4, 0.5) is 0 Å². The van der Waals surface area contributed by atoms with Crippen LogP contribution in [0.3, 0.4) is 0 Å². The van der Waals surface area contributed by atoms with E-state index in [1.165, 1.54) is 24.8 Å². The summed E-state index contributed by atoms with van der Waals surface area (Å²) in [4.78, 5) is 13.3. The number of amides is 1. The molecule has 4 bridgehead atoms. The lowest BCUT2D eigenvalue weighted by atomic mass is 9.49. The normalized spacial score (nSPS) is 28.7. The maximum absolute atomic E-state index is 13.3. The fraction of sp³-hybridized carbons (Fsp3) is 0.640. The third kappa shape index (κ3) is 4.41. The van der Waals surface area contributed by atoms with E-state index in [0.29, 0.717) is 6.54 Å². The average molecular weight is 439 g/mol. The van der Waals surface area contributed by atoms with Gasteiger partial charge in [-0.3, -0.25) is 4.79 Å². The van der Waals surface area contributed by atoms with Gasteiger partial charge in [0.1, 0.15) is 0 Å². The molecule has 31 heavy (non-hydrogen) atoms.